The van der Waals surface area contributed by atoms with E-state index < -0.39 is 59.5 Å². The third-order valence-corrected chi connectivity index (χ3v) is 9.94. The van der Waals surface area contributed by atoms with Gasteiger partial charge in [-0.15, -0.1) is 13.2 Å². The number of benzene rings is 2. The number of fused-ring (bicyclic) bond motifs is 1. The first-order chi connectivity index (χ1) is 21.2. The van der Waals surface area contributed by atoms with Crippen LogP contribution in [-0.2, 0) is 23.9 Å². The molecule has 6 atom stereocenters. The van der Waals surface area contributed by atoms with Crippen LogP contribution in [0.3, 0.4) is 0 Å². The number of allylic oxidation sites excluding steroid dienone is 1. The number of likely N-dealkylation sites (tertiary alicyclic amines) is 1. The fraction of sp³-hybridized carbons (Fsp3) is 0.457. The summed E-state index contributed by atoms with van der Waals surface area (Å²) >= 11 is 6.68. The smallest absolute Gasteiger partial charge is 0.312 e. The molecule has 9 heteroatoms. The van der Waals surface area contributed by atoms with E-state index in [1.165, 1.54) is 4.90 Å². The Kier molecular flexibility index (Phi) is 9.35. The number of aliphatic hydroxyl groups excluding tert-OH is 1. The number of hydrogen-bond acceptors (Lipinski definition) is 6. The molecule has 44 heavy (non-hydrogen) atoms. The Morgan fingerprint density at radius 3 is 2.57 bits per heavy atom. The van der Waals surface area contributed by atoms with Crippen LogP contribution < -0.4 is 4.90 Å². The topological polar surface area (TPSA) is 96.4 Å². The SMILES string of the molecule is C=CCCCOC(=O)[C@H]1[C@H]2C(=O)N([C@H](CO)c3ccccc3)C(C(=O)N(CC=C)c3c(C)cccc3Cl)C23CC[C@]1(CC)O3. The van der Waals surface area contributed by atoms with E-state index in [9.17, 15) is 14.7 Å². The Morgan fingerprint density at radius 1 is 1.18 bits per heavy atom. The van der Waals surface area contributed by atoms with E-state index in [4.69, 9.17) is 21.1 Å². The van der Waals surface area contributed by atoms with Crippen molar-refractivity contribution >= 4 is 35.1 Å². The molecule has 0 radical (unpaired) electrons. The summed E-state index contributed by atoms with van der Waals surface area (Å²) in [6.45, 7) is 11.3. The molecule has 2 aromatic rings. The highest BCUT2D eigenvalue weighted by Crippen LogP contribution is 2.65. The summed E-state index contributed by atoms with van der Waals surface area (Å²) in [5.41, 5.74) is -0.272. The Balaban J connectivity index is 1.66. The van der Waals surface area contributed by atoms with Crippen LogP contribution >= 0.6 is 11.6 Å². The van der Waals surface area contributed by atoms with Gasteiger partial charge in [0.05, 0.1) is 41.5 Å². The van der Waals surface area contributed by atoms with E-state index in [-0.39, 0.29) is 13.2 Å². The molecule has 3 heterocycles. The lowest BCUT2D eigenvalue weighted by atomic mass is 9.65. The molecule has 2 unspecified atom stereocenters. The Morgan fingerprint density at radius 2 is 1.93 bits per heavy atom. The molecular formula is C35H41ClN2O6. The minimum absolute atomic E-state index is 0.130. The molecule has 3 saturated heterocycles. The highest BCUT2D eigenvalue weighted by atomic mass is 35.5. The summed E-state index contributed by atoms with van der Waals surface area (Å²) in [7, 11) is 0. The molecule has 3 aliphatic heterocycles. The first-order valence-electron chi connectivity index (χ1n) is 15.3. The number of nitrogens with zero attached hydrogens (tertiary/aromatic N) is 2. The fourth-order valence-electron chi connectivity index (χ4n) is 7.68. The van der Waals surface area contributed by atoms with Gasteiger partial charge in [0.15, 0.2) is 0 Å². The van der Waals surface area contributed by atoms with Gasteiger partial charge in [-0.05, 0) is 56.2 Å². The molecule has 1 N–H and O–H groups in total. The zero-order chi connectivity index (χ0) is 31.6. The summed E-state index contributed by atoms with van der Waals surface area (Å²) in [6, 6.07) is 12.5. The molecule has 234 valence electrons. The van der Waals surface area contributed by atoms with Gasteiger partial charge < -0.3 is 24.4 Å². The molecular weight excluding hydrogens is 580 g/mol. The Hall–Kier alpha value is -3.46. The average molecular weight is 621 g/mol. The first-order valence-corrected chi connectivity index (χ1v) is 15.7. The minimum atomic E-state index is -1.30. The van der Waals surface area contributed by atoms with Crippen LogP contribution in [0.5, 0.6) is 0 Å². The van der Waals surface area contributed by atoms with Crippen LogP contribution in [-0.4, -0.2) is 64.8 Å². The normalized spacial score (nSPS) is 27.6. The fourth-order valence-corrected chi connectivity index (χ4v) is 8.01. The predicted octanol–water partition coefficient (Wildman–Crippen LogP) is 5.57. The molecule has 2 aromatic carbocycles. The van der Waals surface area contributed by atoms with E-state index in [1.54, 1.807) is 23.1 Å². The number of halogens is 1. The zero-order valence-electron chi connectivity index (χ0n) is 25.4. The van der Waals surface area contributed by atoms with Gasteiger partial charge in [0.1, 0.15) is 17.6 Å². The number of unbranched alkanes of at least 4 members (excludes halogenated alkanes) is 1. The molecule has 0 aliphatic carbocycles. The quantitative estimate of drug-likeness (QED) is 0.179. The number of aliphatic hydroxyl groups is 1. The Labute approximate surface area is 264 Å². The van der Waals surface area contributed by atoms with Crippen molar-refractivity contribution in [3.8, 4) is 0 Å². The molecule has 3 fully saturated rings. The van der Waals surface area contributed by atoms with Gasteiger partial charge in [0.25, 0.3) is 5.91 Å². The van der Waals surface area contributed by atoms with E-state index in [0.717, 1.165) is 5.56 Å². The second-order valence-electron chi connectivity index (χ2n) is 11.9. The lowest BCUT2D eigenvalue weighted by molar-refractivity contribution is -0.162. The van der Waals surface area contributed by atoms with Crippen molar-refractivity contribution in [3.05, 3.63) is 90.0 Å². The van der Waals surface area contributed by atoms with Crippen LogP contribution in [0.25, 0.3) is 0 Å². The van der Waals surface area contributed by atoms with Gasteiger partial charge in [-0.3, -0.25) is 14.4 Å². The number of rotatable bonds is 13. The highest BCUT2D eigenvalue weighted by Gasteiger charge is 2.79. The van der Waals surface area contributed by atoms with Gasteiger partial charge in [0.2, 0.25) is 5.91 Å². The highest BCUT2D eigenvalue weighted by molar-refractivity contribution is 6.34. The Bertz CT molecular complexity index is 1410. The molecule has 3 aliphatic rings. The standard InChI is InChI=1S/C35H41ClN2O6/c1-5-8-12-21-43-33(42)28-27-31(40)38(26(22-39)24-15-10-9-11-16-24)30(35(27)19-18-34(28,7-3)44-35)32(41)37(20-6-2)29-23(4)14-13-17-25(29)36/h5-6,9-11,13-17,26-28,30,39H,1-2,7-8,12,18-22H2,3-4H3/t26-,27+,28-,30?,34+,35?/m1/s1. The summed E-state index contributed by atoms with van der Waals surface area (Å²) in [6.07, 6.45) is 6.07. The van der Waals surface area contributed by atoms with E-state index in [1.807, 2.05) is 56.3 Å². The number of esters is 1. The van der Waals surface area contributed by atoms with Crippen molar-refractivity contribution in [1.29, 1.82) is 0 Å². The zero-order valence-corrected chi connectivity index (χ0v) is 26.2. The summed E-state index contributed by atoms with van der Waals surface area (Å²) in [4.78, 5) is 46.6. The molecule has 0 aromatic heterocycles. The number of aryl methyl sites for hydroxylation is 1. The number of para-hydroxylation sites is 1. The van der Waals surface area contributed by atoms with Crippen molar-refractivity contribution in [2.24, 2.45) is 11.8 Å². The maximum atomic E-state index is 15.0. The number of amides is 2. The van der Waals surface area contributed by atoms with Crippen LogP contribution in [0.2, 0.25) is 5.02 Å². The molecule has 1 spiro atoms. The van der Waals surface area contributed by atoms with Crippen molar-refractivity contribution in [2.75, 3.05) is 24.7 Å². The van der Waals surface area contributed by atoms with Gasteiger partial charge in [-0.25, -0.2) is 0 Å². The number of anilines is 1. The maximum absolute atomic E-state index is 15.0. The van der Waals surface area contributed by atoms with Gasteiger partial charge >= 0.3 is 5.97 Å². The van der Waals surface area contributed by atoms with E-state index in [0.29, 0.717) is 48.4 Å². The number of carbonyl (C=O) groups is 3. The van der Waals surface area contributed by atoms with Crippen LogP contribution in [0, 0.1) is 18.8 Å². The number of hydrogen-bond donors (Lipinski definition) is 1. The number of ether oxygens (including phenoxy) is 2. The molecule has 2 amide bonds. The van der Waals surface area contributed by atoms with E-state index >= 15 is 4.79 Å². The lowest BCUT2D eigenvalue weighted by Crippen LogP contribution is -2.57. The van der Waals surface area contributed by atoms with Gasteiger partial charge in [-0.2, -0.15) is 0 Å². The average Bonchev–Trinajstić information content (AvgIpc) is 3.63. The van der Waals surface area contributed by atoms with Crippen molar-refractivity contribution < 1.29 is 29.0 Å². The van der Waals surface area contributed by atoms with Gasteiger partial charge in [0, 0.05) is 6.54 Å². The third-order valence-electron chi connectivity index (χ3n) is 9.63. The second kappa shape index (κ2) is 12.9. The monoisotopic (exact) mass is 620 g/mol. The van der Waals surface area contributed by atoms with Crippen LogP contribution in [0.15, 0.2) is 73.8 Å². The summed E-state index contributed by atoms with van der Waals surface area (Å²) in [5.74, 6) is -3.13. The predicted molar refractivity (Wildman–Crippen MR) is 169 cm³/mol. The molecule has 2 bridgehead atoms. The van der Waals surface area contributed by atoms with Crippen LogP contribution in [0.4, 0.5) is 5.69 Å². The lowest BCUT2D eigenvalue weighted by Gasteiger charge is -2.40. The second-order valence-corrected chi connectivity index (χ2v) is 12.3. The summed E-state index contributed by atoms with van der Waals surface area (Å²) in [5, 5.41) is 11.2. The van der Waals surface area contributed by atoms with Gasteiger partial charge in [-0.1, -0.05) is 73.1 Å². The van der Waals surface area contributed by atoms with Crippen molar-refractivity contribution in [1.82, 2.24) is 4.90 Å². The molecule has 5 rings (SSSR count). The summed E-state index contributed by atoms with van der Waals surface area (Å²) < 4.78 is 12.6. The minimum Gasteiger partial charge on any atom is -0.465 e. The first kappa shape index (κ1) is 31.9. The van der Waals surface area contributed by atoms with Crippen LogP contribution in [0.1, 0.15) is 56.2 Å². The van der Waals surface area contributed by atoms with Crippen molar-refractivity contribution in [2.45, 2.75) is 69.2 Å². The molecule has 0 saturated carbocycles. The van der Waals surface area contributed by atoms with Crippen molar-refractivity contribution in [3.63, 3.8) is 0 Å². The maximum Gasteiger partial charge on any atom is 0.312 e. The third kappa shape index (κ3) is 5.07. The molecule has 8 nitrogen and oxygen atoms in total. The number of carbonyl (C=O) groups excluding carboxylic acids is 3. The van der Waals surface area contributed by atoms with E-state index in [2.05, 4.69) is 13.2 Å². The largest absolute Gasteiger partial charge is 0.465 e.